The molecule has 0 aromatic carbocycles. The van der Waals surface area contributed by atoms with Crippen LogP contribution in [0.4, 0.5) is 18.0 Å². The fraction of sp³-hybridized carbons (Fsp3) is 0.714. The Labute approximate surface area is 83.2 Å². The third-order valence-corrected chi connectivity index (χ3v) is 1.37. The molecule has 0 bridgehead atoms. The Morgan fingerprint density at radius 3 is 2.33 bits per heavy atom. The van der Waals surface area contributed by atoms with Gasteiger partial charge in [0.1, 0.15) is 6.04 Å². The number of amides is 1. The molecule has 1 atom stereocenters. The van der Waals surface area contributed by atoms with Crippen LogP contribution in [-0.4, -0.2) is 36.0 Å². The summed E-state index contributed by atoms with van der Waals surface area (Å²) in [6, 6.07) is -1.24. The van der Waals surface area contributed by atoms with E-state index in [2.05, 4.69) is 4.74 Å². The Hall–Kier alpha value is -1.47. The first-order valence-electron chi connectivity index (χ1n) is 3.99. The van der Waals surface area contributed by atoms with Crippen molar-refractivity contribution in [3.63, 3.8) is 0 Å². The Bertz CT molecular complexity index is 241. The molecular weight excluding hydrogens is 219 g/mol. The fourth-order valence-electron chi connectivity index (χ4n) is 0.670. The van der Waals surface area contributed by atoms with Gasteiger partial charge in [0.15, 0.2) is 6.61 Å². The maximum absolute atomic E-state index is 11.6. The minimum absolute atomic E-state index is 0.0520. The molecule has 0 heterocycles. The number of alkyl carbamates (subject to hydrolysis) is 1. The second-order valence-corrected chi connectivity index (χ2v) is 2.63. The van der Waals surface area contributed by atoms with Gasteiger partial charge in [0.05, 0.1) is 0 Å². The van der Waals surface area contributed by atoms with Crippen LogP contribution in [0.5, 0.6) is 0 Å². The zero-order chi connectivity index (χ0) is 12.1. The molecule has 0 saturated heterocycles. The van der Waals surface area contributed by atoms with Gasteiger partial charge in [0.2, 0.25) is 0 Å². The largest absolute Gasteiger partial charge is 0.480 e. The number of alkyl halides is 3. The monoisotopic (exact) mass is 229 g/mol. The number of hydrogen-bond donors (Lipinski definition) is 2. The maximum Gasteiger partial charge on any atom is 0.422 e. The zero-order valence-electron chi connectivity index (χ0n) is 7.80. The molecule has 1 amide bonds. The third kappa shape index (κ3) is 6.58. The van der Waals surface area contributed by atoms with Crippen molar-refractivity contribution in [1.29, 1.82) is 0 Å². The molecule has 0 aliphatic heterocycles. The number of carbonyl (C=O) groups excluding carboxylic acids is 1. The first-order chi connectivity index (χ1) is 6.76. The smallest absolute Gasteiger partial charge is 0.422 e. The van der Waals surface area contributed by atoms with Gasteiger partial charge in [-0.3, -0.25) is 0 Å². The Morgan fingerprint density at radius 2 is 2.00 bits per heavy atom. The summed E-state index contributed by atoms with van der Waals surface area (Å²) in [6.07, 6.45) is -5.97. The highest BCUT2D eigenvalue weighted by atomic mass is 19.4. The number of carbonyl (C=O) groups is 2. The van der Waals surface area contributed by atoms with Gasteiger partial charge in [-0.05, 0) is 6.42 Å². The van der Waals surface area contributed by atoms with Crippen LogP contribution in [0.15, 0.2) is 0 Å². The van der Waals surface area contributed by atoms with E-state index in [9.17, 15) is 22.8 Å². The highest BCUT2D eigenvalue weighted by molar-refractivity contribution is 5.79. The molecule has 0 saturated carbocycles. The topological polar surface area (TPSA) is 75.6 Å². The number of aliphatic carboxylic acids is 1. The first-order valence-corrected chi connectivity index (χ1v) is 3.99. The van der Waals surface area contributed by atoms with E-state index in [1.165, 1.54) is 6.92 Å². The van der Waals surface area contributed by atoms with E-state index in [1.807, 2.05) is 0 Å². The number of hydrogen-bond acceptors (Lipinski definition) is 3. The molecule has 15 heavy (non-hydrogen) atoms. The minimum Gasteiger partial charge on any atom is -0.480 e. The van der Waals surface area contributed by atoms with Crippen LogP contribution in [0.1, 0.15) is 13.3 Å². The number of nitrogens with one attached hydrogen (secondary N) is 1. The van der Waals surface area contributed by atoms with E-state index >= 15 is 0 Å². The predicted octanol–water partition coefficient (Wildman–Crippen LogP) is 1.14. The quantitative estimate of drug-likeness (QED) is 0.757. The summed E-state index contributed by atoms with van der Waals surface area (Å²) in [5.74, 6) is -1.33. The van der Waals surface area contributed by atoms with Gasteiger partial charge >= 0.3 is 18.2 Å². The summed E-state index contributed by atoms with van der Waals surface area (Å²) in [6.45, 7) is -0.280. The number of ether oxygens (including phenoxy) is 1. The fourth-order valence-corrected chi connectivity index (χ4v) is 0.670. The normalized spacial score (nSPS) is 13.1. The van der Waals surface area contributed by atoms with Crippen molar-refractivity contribution in [3.8, 4) is 0 Å². The third-order valence-electron chi connectivity index (χ3n) is 1.37. The summed E-state index contributed by atoms with van der Waals surface area (Å²) >= 11 is 0. The second-order valence-electron chi connectivity index (χ2n) is 2.63. The Morgan fingerprint density at radius 1 is 1.47 bits per heavy atom. The van der Waals surface area contributed by atoms with Crippen molar-refractivity contribution in [1.82, 2.24) is 5.32 Å². The number of carboxylic acid groups (broad SMARTS) is 1. The van der Waals surface area contributed by atoms with E-state index in [-0.39, 0.29) is 6.42 Å². The van der Waals surface area contributed by atoms with Crippen molar-refractivity contribution in [2.24, 2.45) is 0 Å². The van der Waals surface area contributed by atoms with Gasteiger partial charge in [-0.15, -0.1) is 0 Å². The molecule has 0 aromatic rings. The lowest BCUT2D eigenvalue weighted by Gasteiger charge is -2.13. The lowest BCUT2D eigenvalue weighted by atomic mass is 10.2. The molecule has 0 aliphatic carbocycles. The highest BCUT2D eigenvalue weighted by Crippen LogP contribution is 2.14. The molecule has 0 fully saturated rings. The van der Waals surface area contributed by atoms with Crippen LogP contribution < -0.4 is 5.32 Å². The SMILES string of the molecule is CC[C@@H](NC(=O)OCC(F)(F)F)C(=O)O. The minimum atomic E-state index is -4.62. The highest BCUT2D eigenvalue weighted by Gasteiger charge is 2.30. The lowest BCUT2D eigenvalue weighted by molar-refractivity contribution is -0.160. The number of rotatable bonds is 4. The summed E-state index contributed by atoms with van der Waals surface area (Å²) in [4.78, 5) is 21.0. The molecule has 2 N–H and O–H groups in total. The van der Waals surface area contributed by atoms with Crippen molar-refractivity contribution in [3.05, 3.63) is 0 Å². The molecule has 0 unspecified atom stereocenters. The van der Waals surface area contributed by atoms with E-state index < -0.39 is 30.9 Å². The zero-order valence-corrected chi connectivity index (χ0v) is 7.80. The van der Waals surface area contributed by atoms with Gasteiger partial charge in [0, 0.05) is 0 Å². The van der Waals surface area contributed by atoms with Crippen LogP contribution in [-0.2, 0) is 9.53 Å². The first kappa shape index (κ1) is 13.5. The van der Waals surface area contributed by atoms with Gasteiger partial charge in [0.25, 0.3) is 0 Å². The molecule has 5 nitrogen and oxygen atoms in total. The number of carboxylic acids is 1. The van der Waals surface area contributed by atoms with Crippen molar-refractivity contribution < 1.29 is 32.6 Å². The maximum atomic E-state index is 11.6. The Kier molecular flexibility index (Phi) is 4.89. The standard InChI is InChI=1S/C7H10F3NO4/c1-2-4(5(12)13)11-6(14)15-3-7(8,9)10/h4H,2-3H2,1H3,(H,11,14)(H,12,13)/t4-/m1/s1. The summed E-state index contributed by atoms with van der Waals surface area (Å²) in [5.41, 5.74) is 0. The second kappa shape index (κ2) is 5.42. The molecule has 0 aromatic heterocycles. The van der Waals surface area contributed by atoms with Crippen LogP contribution >= 0.6 is 0 Å². The van der Waals surface area contributed by atoms with E-state index in [1.54, 1.807) is 5.32 Å². The van der Waals surface area contributed by atoms with Crippen molar-refractivity contribution in [2.45, 2.75) is 25.6 Å². The van der Waals surface area contributed by atoms with Gasteiger partial charge in [-0.2, -0.15) is 13.2 Å². The Balaban J connectivity index is 3.98. The molecule has 0 spiro atoms. The van der Waals surface area contributed by atoms with Gasteiger partial charge in [-0.25, -0.2) is 9.59 Å². The van der Waals surface area contributed by atoms with E-state index in [0.717, 1.165) is 0 Å². The molecule has 0 rings (SSSR count). The van der Waals surface area contributed by atoms with E-state index in [0.29, 0.717) is 0 Å². The predicted molar refractivity (Wildman–Crippen MR) is 42.3 cm³/mol. The molecule has 0 radical (unpaired) electrons. The van der Waals surface area contributed by atoms with Crippen LogP contribution in [0.3, 0.4) is 0 Å². The lowest BCUT2D eigenvalue weighted by Crippen LogP contribution is -2.41. The summed E-state index contributed by atoms with van der Waals surface area (Å²) in [5, 5.41) is 10.2. The van der Waals surface area contributed by atoms with Gasteiger partial charge in [-0.1, -0.05) is 6.92 Å². The van der Waals surface area contributed by atoms with Crippen molar-refractivity contribution in [2.75, 3.05) is 6.61 Å². The molecule has 8 heteroatoms. The molecule has 0 aliphatic rings. The van der Waals surface area contributed by atoms with Crippen LogP contribution in [0, 0.1) is 0 Å². The average Bonchev–Trinajstić information content (AvgIpc) is 2.09. The average molecular weight is 229 g/mol. The van der Waals surface area contributed by atoms with Crippen molar-refractivity contribution >= 4 is 12.1 Å². The molecule has 88 valence electrons. The summed E-state index contributed by atoms with van der Waals surface area (Å²) < 4.78 is 38.5. The molecular formula is C7H10F3NO4. The summed E-state index contributed by atoms with van der Waals surface area (Å²) in [7, 11) is 0. The number of halogens is 3. The van der Waals surface area contributed by atoms with Crippen LogP contribution in [0.2, 0.25) is 0 Å². The van der Waals surface area contributed by atoms with E-state index in [4.69, 9.17) is 5.11 Å². The van der Waals surface area contributed by atoms with Crippen LogP contribution in [0.25, 0.3) is 0 Å². The van der Waals surface area contributed by atoms with Gasteiger partial charge < -0.3 is 15.2 Å².